The van der Waals surface area contributed by atoms with Crippen molar-refractivity contribution < 1.29 is 17.1 Å². The monoisotopic (exact) mass is 258 g/mol. The summed E-state index contributed by atoms with van der Waals surface area (Å²) >= 11 is 0. The van der Waals surface area contributed by atoms with Gasteiger partial charge in [-0.15, -0.1) is 3.89 Å². The van der Waals surface area contributed by atoms with Crippen LogP contribution in [0.3, 0.4) is 0 Å². The molecule has 0 bridgehead atoms. The van der Waals surface area contributed by atoms with Crippen LogP contribution in [-0.4, -0.2) is 31.1 Å². The predicted octanol–water partition coefficient (Wildman–Crippen LogP) is 0.795. The molecule has 2 heterocycles. The van der Waals surface area contributed by atoms with Crippen LogP contribution in [0.5, 0.6) is 0 Å². The van der Waals surface area contributed by atoms with Gasteiger partial charge in [-0.2, -0.15) is 8.42 Å². The Balaban J connectivity index is 2.31. The average Bonchev–Trinajstić information content (AvgIpc) is 2.61. The summed E-state index contributed by atoms with van der Waals surface area (Å²) in [4.78, 5) is 16.8. The van der Waals surface area contributed by atoms with Crippen LogP contribution in [-0.2, 0) is 15.0 Å². The van der Waals surface area contributed by atoms with Crippen molar-refractivity contribution in [3.63, 3.8) is 0 Å². The molecular formula is C10H11FN2O3S. The maximum Gasteiger partial charge on any atom is 0.307 e. The van der Waals surface area contributed by atoms with Gasteiger partial charge in [-0.05, 0) is 18.6 Å². The Bertz CT molecular complexity index is 558. The minimum atomic E-state index is -4.67. The SMILES string of the molecule is Cc1cnccc1N1CC(S(=O)(=O)F)CC1=O. The lowest BCUT2D eigenvalue weighted by molar-refractivity contribution is -0.117. The van der Waals surface area contributed by atoms with Crippen LogP contribution in [0.1, 0.15) is 12.0 Å². The van der Waals surface area contributed by atoms with Crippen LogP contribution in [0.2, 0.25) is 0 Å². The Hall–Kier alpha value is -1.50. The molecule has 1 saturated heterocycles. The summed E-state index contributed by atoms with van der Waals surface area (Å²) in [6.07, 6.45) is 2.77. The summed E-state index contributed by atoms with van der Waals surface area (Å²) in [6.45, 7) is 1.62. The molecule has 0 aromatic carbocycles. The molecule has 17 heavy (non-hydrogen) atoms. The number of pyridine rings is 1. The smallest absolute Gasteiger partial charge is 0.307 e. The first-order chi connectivity index (χ1) is 7.89. The lowest BCUT2D eigenvalue weighted by atomic mass is 10.2. The van der Waals surface area contributed by atoms with E-state index >= 15 is 0 Å². The van der Waals surface area contributed by atoms with E-state index in [-0.39, 0.29) is 18.9 Å². The Kier molecular flexibility index (Phi) is 2.86. The summed E-state index contributed by atoms with van der Waals surface area (Å²) in [5, 5.41) is -1.26. The van der Waals surface area contributed by atoms with Gasteiger partial charge in [0.2, 0.25) is 5.91 Å². The zero-order valence-corrected chi connectivity index (χ0v) is 9.95. The fraction of sp³-hybridized carbons (Fsp3) is 0.400. The van der Waals surface area contributed by atoms with Gasteiger partial charge in [0.1, 0.15) is 5.25 Å². The maximum absolute atomic E-state index is 12.8. The fourth-order valence-electron chi connectivity index (χ4n) is 1.87. The zero-order valence-electron chi connectivity index (χ0n) is 9.13. The first kappa shape index (κ1) is 12.0. The molecular weight excluding hydrogens is 247 g/mol. The second-order valence-corrected chi connectivity index (χ2v) is 5.59. The van der Waals surface area contributed by atoms with Crippen molar-refractivity contribution in [2.24, 2.45) is 0 Å². The van der Waals surface area contributed by atoms with E-state index < -0.39 is 15.5 Å². The molecule has 1 aromatic heterocycles. The van der Waals surface area contributed by atoms with E-state index in [9.17, 15) is 17.1 Å². The number of hydrogen-bond donors (Lipinski definition) is 0. The number of nitrogens with zero attached hydrogens (tertiary/aromatic N) is 2. The van der Waals surface area contributed by atoms with Crippen molar-refractivity contribution in [3.05, 3.63) is 24.0 Å². The molecule has 0 aliphatic carbocycles. The van der Waals surface area contributed by atoms with Crippen molar-refractivity contribution in [1.82, 2.24) is 4.98 Å². The molecule has 7 heteroatoms. The number of aryl methyl sites for hydroxylation is 1. The molecule has 0 spiro atoms. The summed E-state index contributed by atoms with van der Waals surface area (Å²) in [5.74, 6) is -0.384. The number of hydrogen-bond acceptors (Lipinski definition) is 4. The molecule has 1 unspecified atom stereocenters. The number of carbonyl (C=O) groups is 1. The highest BCUT2D eigenvalue weighted by molar-refractivity contribution is 7.87. The minimum absolute atomic E-state index is 0.136. The molecule has 1 amide bonds. The summed E-state index contributed by atoms with van der Waals surface area (Å²) in [6, 6.07) is 1.61. The van der Waals surface area contributed by atoms with E-state index in [1.807, 2.05) is 0 Å². The Morgan fingerprint density at radius 3 is 2.76 bits per heavy atom. The zero-order chi connectivity index (χ0) is 12.6. The lowest BCUT2D eigenvalue weighted by Gasteiger charge is -2.17. The fourth-order valence-corrected chi connectivity index (χ4v) is 2.53. The van der Waals surface area contributed by atoms with E-state index in [0.29, 0.717) is 5.69 Å². The highest BCUT2D eigenvalue weighted by Crippen LogP contribution is 2.27. The summed E-state index contributed by atoms with van der Waals surface area (Å²) in [7, 11) is -4.67. The molecule has 1 aliphatic heterocycles. The number of anilines is 1. The normalized spacial score (nSPS) is 20.9. The number of carbonyl (C=O) groups excluding carboxylic acids is 1. The highest BCUT2D eigenvalue weighted by Gasteiger charge is 2.39. The molecule has 1 aromatic rings. The standard InChI is InChI=1S/C10H11FN2O3S/c1-7-5-12-3-2-9(7)13-6-8(4-10(13)14)17(11,15)16/h2-3,5,8H,4,6H2,1H3. The first-order valence-corrected chi connectivity index (χ1v) is 6.48. The highest BCUT2D eigenvalue weighted by atomic mass is 32.3. The molecule has 1 aliphatic rings. The van der Waals surface area contributed by atoms with Crippen molar-refractivity contribution in [1.29, 1.82) is 0 Å². The van der Waals surface area contributed by atoms with E-state index in [1.54, 1.807) is 19.2 Å². The van der Waals surface area contributed by atoms with E-state index in [0.717, 1.165) is 5.56 Å². The first-order valence-electron chi connectivity index (χ1n) is 5.04. The molecule has 2 rings (SSSR count). The minimum Gasteiger partial charge on any atom is -0.311 e. The predicted molar refractivity (Wildman–Crippen MR) is 59.8 cm³/mol. The lowest BCUT2D eigenvalue weighted by Crippen LogP contribution is -2.27. The van der Waals surface area contributed by atoms with Gasteiger partial charge in [0, 0.05) is 31.0 Å². The van der Waals surface area contributed by atoms with Crippen LogP contribution in [0.15, 0.2) is 18.5 Å². The van der Waals surface area contributed by atoms with Crippen LogP contribution in [0.4, 0.5) is 9.57 Å². The van der Waals surface area contributed by atoms with Crippen LogP contribution in [0, 0.1) is 6.92 Å². The topological polar surface area (TPSA) is 67.3 Å². The largest absolute Gasteiger partial charge is 0.311 e. The van der Waals surface area contributed by atoms with Crippen molar-refractivity contribution in [3.8, 4) is 0 Å². The number of amides is 1. The number of aromatic nitrogens is 1. The van der Waals surface area contributed by atoms with Gasteiger partial charge in [-0.25, -0.2) is 0 Å². The summed E-state index contributed by atoms with van der Waals surface area (Å²) in [5.41, 5.74) is 1.33. The van der Waals surface area contributed by atoms with Gasteiger partial charge < -0.3 is 4.90 Å². The molecule has 0 N–H and O–H groups in total. The molecule has 92 valence electrons. The van der Waals surface area contributed by atoms with E-state index in [4.69, 9.17) is 0 Å². The second kappa shape index (κ2) is 4.06. The van der Waals surface area contributed by atoms with Gasteiger partial charge in [0.25, 0.3) is 0 Å². The molecule has 1 atom stereocenters. The van der Waals surface area contributed by atoms with E-state index in [1.165, 1.54) is 11.1 Å². The van der Waals surface area contributed by atoms with Crippen molar-refractivity contribution in [2.45, 2.75) is 18.6 Å². The van der Waals surface area contributed by atoms with Crippen LogP contribution >= 0.6 is 0 Å². The van der Waals surface area contributed by atoms with Crippen molar-refractivity contribution in [2.75, 3.05) is 11.4 Å². The third kappa shape index (κ3) is 2.28. The Morgan fingerprint density at radius 2 is 2.24 bits per heavy atom. The van der Waals surface area contributed by atoms with Crippen LogP contribution < -0.4 is 4.90 Å². The number of halogens is 1. The van der Waals surface area contributed by atoms with Crippen molar-refractivity contribution >= 4 is 21.8 Å². The quantitative estimate of drug-likeness (QED) is 0.736. The molecule has 5 nitrogen and oxygen atoms in total. The summed E-state index contributed by atoms with van der Waals surface area (Å²) < 4.78 is 34.4. The number of rotatable bonds is 2. The Labute approximate surface area is 98.5 Å². The third-order valence-corrected chi connectivity index (χ3v) is 3.88. The van der Waals surface area contributed by atoms with Gasteiger partial charge in [0.05, 0.1) is 0 Å². The molecule has 1 fully saturated rings. The van der Waals surface area contributed by atoms with E-state index in [2.05, 4.69) is 4.98 Å². The van der Waals surface area contributed by atoms with Gasteiger partial charge in [-0.3, -0.25) is 9.78 Å². The van der Waals surface area contributed by atoms with Gasteiger partial charge in [-0.1, -0.05) is 0 Å². The third-order valence-electron chi connectivity index (χ3n) is 2.77. The van der Waals surface area contributed by atoms with Crippen LogP contribution in [0.25, 0.3) is 0 Å². The van der Waals surface area contributed by atoms with Gasteiger partial charge >= 0.3 is 10.2 Å². The second-order valence-electron chi connectivity index (χ2n) is 3.97. The molecule has 0 saturated carbocycles. The maximum atomic E-state index is 12.8. The average molecular weight is 258 g/mol. The Morgan fingerprint density at radius 1 is 1.53 bits per heavy atom. The molecule has 0 radical (unpaired) electrons. The van der Waals surface area contributed by atoms with Gasteiger partial charge in [0.15, 0.2) is 0 Å².